The Bertz CT molecular complexity index is 905. The Morgan fingerprint density at radius 2 is 2.00 bits per heavy atom. The number of carbonyl (C=O) groups is 1. The number of benzene rings is 1. The number of aromatic nitrogens is 2. The summed E-state index contributed by atoms with van der Waals surface area (Å²) in [6.45, 7) is 0.342. The molecule has 128 valence electrons. The third-order valence-corrected chi connectivity index (χ3v) is 4.54. The van der Waals surface area contributed by atoms with E-state index < -0.39 is 5.56 Å². The second kappa shape index (κ2) is 7.76. The molecular weight excluding hydrogens is 336 g/mol. The van der Waals surface area contributed by atoms with Crippen molar-refractivity contribution < 1.29 is 4.79 Å². The van der Waals surface area contributed by atoms with E-state index >= 15 is 0 Å². The van der Waals surface area contributed by atoms with Crippen molar-refractivity contribution in [3.8, 4) is 10.6 Å². The maximum absolute atomic E-state index is 12.1. The van der Waals surface area contributed by atoms with Gasteiger partial charge in [0.15, 0.2) is 0 Å². The molecule has 0 saturated heterocycles. The first-order valence-corrected chi connectivity index (χ1v) is 8.73. The van der Waals surface area contributed by atoms with Crippen molar-refractivity contribution >= 4 is 22.9 Å². The van der Waals surface area contributed by atoms with Crippen molar-refractivity contribution in [1.29, 1.82) is 0 Å². The van der Waals surface area contributed by atoms with Gasteiger partial charge in [0.1, 0.15) is 17.9 Å². The van der Waals surface area contributed by atoms with Crippen molar-refractivity contribution in [2.45, 2.75) is 13.0 Å². The Kier molecular flexibility index (Phi) is 5.25. The molecule has 3 aromatic rings. The van der Waals surface area contributed by atoms with Crippen molar-refractivity contribution in [3.05, 3.63) is 69.8 Å². The largest absolute Gasteiger partial charge is 0.394 e. The zero-order valence-corrected chi connectivity index (χ0v) is 14.3. The molecule has 0 bridgehead atoms. The van der Waals surface area contributed by atoms with E-state index in [0.29, 0.717) is 12.2 Å². The highest BCUT2D eigenvalue weighted by Crippen LogP contribution is 2.22. The Morgan fingerprint density at radius 3 is 2.72 bits per heavy atom. The maximum Gasteiger partial charge on any atom is 0.290 e. The van der Waals surface area contributed by atoms with Gasteiger partial charge in [-0.25, -0.2) is 4.68 Å². The molecule has 3 N–H and O–H groups in total. The summed E-state index contributed by atoms with van der Waals surface area (Å²) in [4.78, 5) is 25.1. The molecule has 0 aliphatic rings. The van der Waals surface area contributed by atoms with Gasteiger partial charge in [0.05, 0.1) is 4.88 Å². The molecule has 3 rings (SSSR count). The van der Waals surface area contributed by atoms with Gasteiger partial charge >= 0.3 is 0 Å². The second-order valence-electron chi connectivity index (χ2n) is 5.51. The molecular formula is C18H18N4O2S. The fourth-order valence-electron chi connectivity index (χ4n) is 2.40. The van der Waals surface area contributed by atoms with Crippen LogP contribution in [0.5, 0.6) is 0 Å². The van der Waals surface area contributed by atoms with Gasteiger partial charge in [-0.15, -0.1) is 11.3 Å². The van der Waals surface area contributed by atoms with E-state index in [2.05, 4.69) is 10.4 Å². The highest BCUT2D eigenvalue weighted by molar-refractivity contribution is 7.13. The van der Waals surface area contributed by atoms with Crippen molar-refractivity contribution in [2.24, 2.45) is 0 Å². The maximum atomic E-state index is 12.1. The van der Waals surface area contributed by atoms with Gasteiger partial charge in [0.2, 0.25) is 5.91 Å². The molecule has 2 heterocycles. The van der Waals surface area contributed by atoms with Crippen molar-refractivity contribution in [3.63, 3.8) is 0 Å². The Hall–Kier alpha value is -2.93. The summed E-state index contributed by atoms with van der Waals surface area (Å²) >= 11 is 1.50. The fourth-order valence-corrected chi connectivity index (χ4v) is 3.08. The minimum absolute atomic E-state index is 0.0792. The van der Waals surface area contributed by atoms with Crippen molar-refractivity contribution in [2.75, 3.05) is 12.3 Å². The summed E-state index contributed by atoms with van der Waals surface area (Å²) in [7, 11) is 0. The van der Waals surface area contributed by atoms with Gasteiger partial charge < -0.3 is 11.1 Å². The lowest BCUT2D eigenvalue weighted by Crippen LogP contribution is -2.35. The normalized spacial score (nSPS) is 10.6. The van der Waals surface area contributed by atoms with E-state index in [1.165, 1.54) is 17.4 Å². The zero-order valence-electron chi connectivity index (χ0n) is 13.5. The molecule has 0 spiro atoms. The molecule has 0 saturated carbocycles. The lowest BCUT2D eigenvalue weighted by atomic mass is 10.1. The van der Waals surface area contributed by atoms with E-state index in [0.717, 1.165) is 21.5 Å². The number of hydrogen-bond acceptors (Lipinski definition) is 5. The number of nitrogens with zero attached hydrogens (tertiary/aromatic N) is 2. The van der Waals surface area contributed by atoms with Gasteiger partial charge in [0, 0.05) is 6.54 Å². The number of nitrogen functional groups attached to an aromatic ring is 1. The predicted octanol–water partition coefficient (Wildman–Crippen LogP) is 1.91. The zero-order chi connectivity index (χ0) is 17.6. The lowest BCUT2D eigenvalue weighted by molar-refractivity contribution is -0.121. The first kappa shape index (κ1) is 16.9. The van der Waals surface area contributed by atoms with Crippen LogP contribution in [-0.2, 0) is 17.8 Å². The minimum Gasteiger partial charge on any atom is -0.394 e. The molecule has 0 atom stereocenters. The molecule has 2 aromatic heterocycles. The van der Waals surface area contributed by atoms with E-state index in [1.54, 1.807) is 0 Å². The monoisotopic (exact) mass is 354 g/mol. The van der Waals surface area contributed by atoms with E-state index in [1.807, 2.05) is 47.8 Å². The van der Waals surface area contributed by atoms with Gasteiger partial charge in [-0.1, -0.05) is 36.4 Å². The van der Waals surface area contributed by atoms with Crippen molar-refractivity contribution in [1.82, 2.24) is 15.1 Å². The summed E-state index contributed by atoms with van der Waals surface area (Å²) in [6, 6.07) is 15.2. The van der Waals surface area contributed by atoms with Crippen LogP contribution in [0.3, 0.4) is 0 Å². The van der Waals surface area contributed by atoms with Crippen LogP contribution in [0, 0.1) is 0 Å². The van der Waals surface area contributed by atoms with Gasteiger partial charge in [-0.2, -0.15) is 5.10 Å². The Labute approximate surface area is 148 Å². The molecule has 1 aromatic carbocycles. The SMILES string of the molecule is Nc1cc(-c2cccs2)nn(CC(=O)NCCc2ccccc2)c1=O. The average Bonchev–Trinajstić information content (AvgIpc) is 3.14. The number of amides is 1. The van der Waals surface area contributed by atoms with Gasteiger partial charge in [-0.3, -0.25) is 9.59 Å². The van der Waals surface area contributed by atoms with Crippen LogP contribution in [0.25, 0.3) is 10.6 Å². The molecule has 0 radical (unpaired) electrons. The third-order valence-electron chi connectivity index (χ3n) is 3.65. The summed E-state index contributed by atoms with van der Waals surface area (Å²) in [6.07, 6.45) is 0.728. The Morgan fingerprint density at radius 1 is 1.20 bits per heavy atom. The van der Waals surface area contributed by atoms with E-state index in [9.17, 15) is 9.59 Å². The highest BCUT2D eigenvalue weighted by Gasteiger charge is 2.11. The summed E-state index contributed by atoms with van der Waals surface area (Å²) in [5, 5.41) is 8.97. The topological polar surface area (TPSA) is 90.0 Å². The number of carbonyl (C=O) groups excluding carboxylic acids is 1. The van der Waals surface area contributed by atoms with Crippen LogP contribution in [0.1, 0.15) is 5.56 Å². The molecule has 0 aliphatic heterocycles. The first-order chi connectivity index (χ1) is 12.1. The van der Waals surface area contributed by atoms with Crippen LogP contribution in [0.2, 0.25) is 0 Å². The number of nitrogens with two attached hydrogens (primary N) is 1. The minimum atomic E-state index is -0.460. The summed E-state index contributed by atoms with van der Waals surface area (Å²) in [5.74, 6) is -0.270. The summed E-state index contributed by atoms with van der Waals surface area (Å²) < 4.78 is 1.11. The number of rotatable bonds is 6. The van der Waals surface area contributed by atoms with Crippen LogP contribution in [-0.4, -0.2) is 22.2 Å². The molecule has 7 heteroatoms. The Balaban J connectivity index is 1.65. The third kappa shape index (κ3) is 4.33. The second-order valence-corrected chi connectivity index (χ2v) is 6.46. The molecule has 0 aliphatic carbocycles. The average molecular weight is 354 g/mol. The molecule has 0 unspecified atom stereocenters. The quantitative estimate of drug-likeness (QED) is 0.707. The number of thiophene rings is 1. The number of hydrogen-bond donors (Lipinski definition) is 2. The number of nitrogens with one attached hydrogen (secondary N) is 1. The lowest BCUT2D eigenvalue weighted by Gasteiger charge is -2.09. The van der Waals surface area contributed by atoms with Crippen LogP contribution < -0.4 is 16.6 Å². The molecule has 1 amide bonds. The van der Waals surface area contributed by atoms with Crippen LogP contribution in [0.15, 0.2) is 58.7 Å². The molecule has 0 fully saturated rings. The smallest absolute Gasteiger partial charge is 0.290 e. The standard InChI is InChI=1S/C18H18N4O2S/c19-14-11-15(16-7-4-10-25-16)21-22(18(14)24)12-17(23)20-9-8-13-5-2-1-3-6-13/h1-7,10-11H,8-9,12,19H2,(H,20,23). The fraction of sp³-hybridized carbons (Fsp3) is 0.167. The predicted molar refractivity (Wildman–Crippen MR) is 99.4 cm³/mol. The van der Waals surface area contributed by atoms with Gasteiger partial charge in [0.25, 0.3) is 5.56 Å². The van der Waals surface area contributed by atoms with Crippen LogP contribution >= 0.6 is 11.3 Å². The van der Waals surface area contributed by atoms with E-state index in [-0.39, 0.29) is 18.1 Å². The molecule has 25 heavy (non-hydrogen) atoms. The van der Waals surface area contributed by atoms with E-state index in [4.69, 9.17) is 5.73 Å². The van der Waals surface area contributed by atoms with Gasteiger partial charge in [-0.05, 0) is 29.5 Å². The first-order valence-electron chi connectivity index (χ1n) is 7.85. The molecule has 6 nitrogen and oxygen atoms in total. The summed E-state index contributed by atoms with van der Waals surface area (Å²) in [5.41, 5.74) is 7.13. The number of anilines is 1. The van der Waals surface area contributed by atoms with Crippen LogP contribution in [0.4, 0.5) is 5.69 Å². The highest BCUT2D eigenvalue weighted by atomic mass is 32.1.